The lowest BCUT2D eigenvalue weighted by Gasteiger charge is -2.00. The Balaban J connectivity index is 2.56. The highest BCUT2D eigenvalue weighted by atomic mass is 16.5. The van der Waals surface area contributed by atoms with Crippen LogP contribution < -0.4 is 0 Å². The third-order valence-corrected chi connectivity index (χ3v) is 1.37. The van der Waals surface area contributed by atoms with Crippen LogP contribution in [0.3, 0.4) is 0 Å². The molecule has 3 heteroatoms. The first-order valence-electron chi connectivity index (χ1n) is 3.05. The Morgan fingerprint density at radius 1 is 1.80 bits per heavy atom. The molecule has 1 rings (SSSR count). The highest BCUT2D eigenvalue weighted by molar-refractivity contribution is 5.41. The first kappa shape index (κ1) is 6.86. The van der Waals surface area contributed by atoms with Gasteiger partial charge in [0.05, 0.1) is 5.69 Å². The predicted molar refractivity (Wildman–Crippen MR) is 39.0 cm³/mol. The van der Waals surface area contributed by atoms with Crippen molar-refractivity contribution in [2.75, 3.05) is 0 Å². The van der Waals surface area contributed by atoms with E-state index in [4.69, 9.17) is 10.1 Å². The summed E-state index contributed by atoms with van der Waals surface area (Å²) in [5, 5.41) is 6.62. The predicted octanol–water partition coefficient (Wildman–Crippen LogP) is 1.15. The van der Waals surface area contributed by atoms with E-state index in [1.807, 2.05) is 29.9 Å². The van der Waals surface area contributed by atoms with E-state index in [9.17, 15) is 0 Å². The van der Waals surface area contributed by atoms with Crippen LogP contribution in [0.1, 0.15) is 5.69 Å². The Labute approximate surface area is 59.7 Å². The van der Waals surface area contributed by atoms with Crippen molar-refractivity contribution < 1.29 is 4.74 Å². The third-order valence-electron chi connectivity index (χ3n) is 1.37. The van der Waals surface area contributed by atoms with Crippen LogP contribution in [0.25, 0.3) is 0 Å². The van der Waals surface area contributed by atoms with E-state index in [1.54, 1.807) is 0 Å². The van der Waals surface area contributed by atoms with Crippen LogP contribution in [-0.2, 0) is 18.4 Å². The molecule has 0 saturated heterocycles. The summed E-state index contributed by atoms with van der Waals surface area (Å²) in [7, 11) is 1.95. The molecule has 1 aromatic heterocycles. The van der Waals surface area contributed by atoms with Crippen LogP contribution in [0.5, 0.6) is 0 Å². The van der Waals surface area contributed by atoms with Crippen molar-refractivity contribution >= 4 is 6.40 Å². The molecule has 0 radical (unpaired) electrons. The lowest BCUT2D eigenvalue weighted by molar-refractivity contribution is 0.296. The van der Waals surface area contributed by atoms with E-state index >= 15 is 0 Å². The normalized spacial score (nSPS) is 9.30. The smallest absolute Gasteiger partial charge is 0.167 e. The molecule has 0 unspecified atom stereocenters. The second kappa shape index (κ2) is 3.06. The summed E-state index contributed by atoms with van der Waals surface area (Å²) in [6, 6.07) is 3.91. The molecule has 0 atom stereocenters. The molecule has 0 aliphatic heterocycles. The van der Waals surface area contributed by atoms with Gasteiger partial charge in [-0.25, -0.2) is 0 Å². The largest absolute Gasteiger partial charge is 0.478 e. The maximum Gasteiger partial charge on any atom is 0.167 e. The van der Waals surface area contributed by atoms with Gasteiger partial charge in [0.15, 0.2) is 6.40 Å². The van der Waals surface area contributed by atoms with Crippen LogP contribution in [0.15, 0.2) is 18.3 Å². The van der Waals surface area contributed by atoms with Gasteiger partial charge in [0, 0.05) is 13.2 Å². The number of nitrogens with zero attached hydrogens (tertiary/aromatic N) is 1. The van der Waals surface area contributed by atoms with Gasteiger partial charge in [-0.05, 0) is 12.1 Å². The zero-order valence-corrected chi connectivity index (χ0v) is 5.87. The quantitative estimate of drug-likeness (QED) is 0.493. The highest BCUT2D eigenvalue weighted by Crippen LogP contribution is 1.99. The number of nitrogens with one attached hydrogen (secondary N) is 1. The van der Waals surface area contributed by atoms with Crippen molar-refractivity contribution in [2.45, 2.75) is 6.61 Å². The molecule has 0 fully saturated rings. The van der Waals surface area contributed by atoms with E-state index in [1.165, 1.54) is 0 Å². The minimum absolute atomic E-state index is 0.479. The Bertz CT molecular complexity index is 217. The number of hydrogen-bond acceptors (Lipinski definition) is 2. The van der Waals surface area contributed by atoms with Gasteiger partial charge in [0.2, 0.25) is 0 Å². The monoisotopic (exact) mass is 138 g/mol. The molecule has 0 saturated carbocycles. The van der Waals surface area contributed by atoms with Gasteiger partial charge in [-0.15, -0.1) is 0 Å². The van der Waals surface area contributed by atoms with Gasteiger partial charge < -0.3 is 9.30 Å². The maximum atomic E-state index is 6.62. The van der Waals surface area contributed by atoms with Crippen molar-refractivity contribution in [3.63, 3.8) is 0 Å². The first-order chi connectivity index (χ1) is 4.84. The fourth-order valence-electron chi connectivity index (χ4n) is 0.773. The summed E-state index contributed by atoms with van der Waals surface area (Å²) < 4.78 is 6.74. The molecule has 0 aliphatic carbocycles. The topological polar surface area (TPSA) is 38.0 Å². The van der Waals surface area contributed by atoms with Crippen LogP contribution in [0.2, 0.25) is 0 Å². The maximum absolute atomic E-state index is 6.62. The Morgan fingerprint density at radius 2 is 2.60 bits per heavy atom. The molecular formula is C7H10N2O. The van der Waals surface area contributed by atoms with Gasteiger partial charge in [0.25, 0.3) is 0 Å². The van der Waals surface area contributed by atoms with Crippen LogP contribution in [0.4, 0.5) is 0 Å². The van der Waals surface area contributed by atoms with E-state index < -0.39 is 0 Å². The number of aryl methyl sites for hydroxylation is 1. The number of ether oxygens (including phenoxy) is 1. The van der Waals surface area contributed by atoms with E-state index in [-0.39, 0.29) is 0 Å². The van der Waals surface area contributed by atoms with Crippen molar-refractivity contribution in [1.82, 2.24) is 4.57 Å². The Hall–Kier alpha value is -1.25. The molecule has 1 heterocycles. The van der Waals surface area contributed by atoms with Crippen molar-refractivity contribution in [2.24, 2.45) is 7.05 Å². The zero-order chi connectivity index (χ0) is 7.40. The lowest BCUT2D eigenvalue weighted by Crippen LogP contribution is -1.96. The van der Waals surface area contributed by atoms with Gasteiger partial charge in [-0.1, -0.05) is 0 Å². The molecular weight excluding hydrogens is 128 g/mol. The van der Waals surface area contributed by atoms with Gasteiger partial charge in [0.1, 0.15) is 6.61 Å². The van der Waals surface area contributed by atoms with Gasteiger partial charge in [-0.2, -0.15) is 0 Å². The zero-order valence-electron chi connectivity index (χ0n) is 5.87. The Kier molecular flexibility index (Phi) is 2.10. The molecule has 0 spiro atoms. The number of aromatic nitrogens is 1. The average molecular weight is 138 g/mol. The molecule has 0 aliphatic rings. The molecule has 0 amide bonds. The summed E-state index contributed by atoms with van der Waals surface area (Å²) in [5.41, 5.74) is 1.07. The van der Waals surface area contributed by atoms with Crippen molar-refractivity contribution in [3.8, 4) is 0 Å². The van der Waals surface area contributed by atoms with Crippen LogP contribution >= 0.6 is 0 Å². The minimum atomic E-state index is 0.479. The molecule has 0 bridgehead atoms. The summed E-state index contributed by atoms with van der Waals surface area (Å²) in [5.74, 6) is 0. The fraction of sp³-hybridized carbons (Fsp3) is 0.286. The van der Waals surface area contributed by atoms with Gasteiger partial charge in [-0.3, -0.25) is 5.41 Å². The molecule has 54 valence electrons. The second-order valence-corrected chi connectivity index (χ2v) is 2.04. The first-order valence-corrected chi connectivity index (χ1v) is 3.05. The Morgan fingerprint density at radius 3 is 3.10 bits per heavy atom. The van der Waals surface area contributed by atoms with Gasteiger partial charge >= 0.3 is 0 Å². The average Bonchev–Trinajstić information content (AvgIpc) is 2.31. The highest BCUT2D eigenvalue weighted by Gasteiger charge is 1.93. The number of hydrogen-bond donors (Lipinski definition) is 1. The number of rotatable bonds is 3. The lowest BCUT2D eigenvalue weighted by atomic mass is 10.5. The molecule has 1 N–H and O–H groups in total. The third kappa shape index (κ3) is 1.37. The summed E-state index contributed by atoms with van der Waals surface area (Å²) in [6.07, 6.45) is 2.90. The molecule has 3 nitrogen and oxygen atoms in total. The van der Waals surface area contributed by atoms with Crippen LogP contribution in [0, 0.1) is 5.41 Å². The molecule has 0 aromatic carbocycles. The second-order valence-electron chi connectivity index (χ2n) is 2.04. The van der Waals surface area contributed by atoms with Crippen molar-refractivity contribution in [1.29, 1.82) is 5.41 Å². The van der Waals surface area contributed by atoms with Crippen LogP contribution in [-0.4, -0.2) is 11.0 Å². The van der Waals surface area contributed by atoms with E-state index in [2.05, 4.69) is 0 Å². The summed E-state index contributed by atoms with van der Waals surface area (Å²) in [4.78, 5) is 0. The van der Waals surface area contributed by atoms with E-state index in [0.717, 1.165) is 12.1 Å². The SMILES string of the molecule is Cn1cccc1COC=N. The minimum Gasteiger partial charge on any atom is -0.478 e. The van der Waals surface area contributed by atoms with Crippen molar-refractivity contribution in [3.05, 3.63) is 24.0 Å². The summed E-state index contributed by atoms with van der Waals surface area (Å²) in [6.45, 7) is 0.479. The fourth-order valence-corrected chi connectivity index (χ4v) is 0.773. The molecule has 1 aromatic rings. The summed E-state index contributed by atoms with van der Waals surface area (Å²) >= 11 is 0. The van der Waals surface area contributed by atoms with E-state index in [0.29, 0.717) is 6.61 Å². The molecule has 10 heavy (non-hydrogen) atoms. The standard InChI is InChI=1S/C7H10N2O/c1-9-4-2-3-7(9)5-10-6-8/h2-4,6,8H,5H2,1H3.